The molecule has 8 nitrogen and oxygen atoms in total. The molecule has 0 aliphatic heterocycles. The topological polar surface area (TPSA) is 98.5 Å². The molecule has 3 aromatic heterocycles. The first kappa shape index (κ1) is 18.3. The third kappa shape index (κ3) is 2.70. The number of nitrogens with zero attached hydrogens (tertiary/aromatic N) is 5. The lowest BCUT2D eigenvalue weighted by atomic mass is 10.0. The minimum Gasteiger partial charge on any atom is -0.382 e. The predicted octanol–water partition coefficient (Wildman–Crippen LogP) is 3.70. The summed E-state index contributed by atoms with van der Waals surface area (Å²) in [5.74, 6) is 0.381. The van der Waals surface area contributed by atoms with Gasteiger partial charge in [-0.25, -0.2) is 4.98 Å². The molecule has 3 heterocycles. The number of aromatic nitrogens is 5. The van der Waals surface area contributed by atoms with Gasteiger partial charge in [0.05, 0.1) is 11.0 Å². The van der Waals surface area contributed by atoms with E-state index in [4.69, 9.17) is 16.1 Å². The van der Waals surface area contributed by atoms with E-state index in [1.54, 1.807) is 27.4 Å². The highest BCUT2D eigenvalue weighted by atomic mass is 35.5. The van der Waals surface area contributed by atoms with Crippen LogP contribution in [-0.4, -0.2) is 29.2 Å². The normalized spacial score (nSPS) is 16.4. The zero-order valence-corrected chi connectivity index (χ0v) is 16.8. The summed E-state index contributed by atoms with van der Waals surface area (Å²) in [7, 11) is 0. The molecule has 0 radical (unpaired) electrons. The van der Waals surface area contributed by atoms with Crippen LogP contribution in [0.1, 0.15) is 51.4 Å². The van der Waals surface area contributed by atoms with Gasteiger partial charge >= 0.3 is 0 Å². The molecule has 1 aromatic carbocycles. The van der Waals surface area contributed by atoms with Gasteiger partial charge in [0.15, 0.2) is 5.69 Å². The van der Waals surface area contributed by atoms with Gasteiger partial charge in [0.1, 0.15) is 17.4 Å². The van der Waals surface area contributed by atoms with Crippen LogP contribution in [0.4, 0.5) is 0 Å². The van der Waals surface area contributed by atoms with Crippen molar-refractivity contribution in [3.8, 4) is 11.6 Å². The molecule has 1 aliphatic carbocycles. The Hall–Kier alpha value is -2.71. The monoisotopic (exact) mass is 413 g/mol. The van der Waals surface area contributed by atoms with Crippen LogP contribution in [0.3, 0.4) is 0 Å². The summed E-state index contributed by atoms with van der Waals surface area (Å²) < 4.78 is 8.82. The Morgan fingerprint density at radius 2 is 2.00 bits per heavy atom. The van der Waals surface area contributed by atoms with Crippen LogP contribution >= 0.6 is 11.6 Å². The minimum atomic E-state index is -1.07. The molecule has 1 aliphatic rings. The van der Waals surface area contributed by atoms with Crippen LogP contribution in [0, 0.1) is 0 Å². The molecule has 150 valence electrons. The second kappa shape index (κ2) is 6.40. The second-order valence-electron chi connectivity index (χ2n) is 7.88. The molecule has 0 saturated heterocycles. The number of halogens is 1. The SMILES string of the molecule is CC(C)n1c(=O)c2c(-c3nc(C4(O)CCCC4)no3)ncn2c2ccc(Cl)cc21. The van der Waals surface area contributed by atoms with Gasteiger partial charge in [0.2, 0.25) is 5.82 Å². The van der Waals surface area contributed by atoms with E-state index in [1.165, 1.54) is 0 Å². The van der Waals surface area contributed by atoms with Gasteiger partial charge in [0, 0.05) is 11.1 Å². The van der Waals surface area contributed by atoms with E-state index < -0.39 is 5.60 Å². The summed E-state index contributed by atoms with van der Waals surface area (Å²) in [6.07, 6.45) is 4.60. The van der Waals surface area contributed by atoms with Gasteiger partial charge in [-0.15, -0.1) is 0 Å². The van der Waals surface area contributed by atoms with Gasteiger partial charge in [-0.2, -0.15) is 4.98 Å². The molecule has 1 saturated carbocycles. The average Bonchev–Trinajstić information content (AvgIpc) is 3.40. The first-order chi connectivity index (χ1) is 13.9. The lowest BCUT2D eigenvalue weighted by Crippen LogP contribution is -2.24. The molecule has 0 spiro atoms. The van der Waals surface area contributed by atoms with Gasteiger partial charge in [0.25, 0.3) is 11.4 Å². The zero-order chi connectivity index (χ0) is 20.3. The van der Waals surface area contributed by atoms with Crippen molar-refractivity contribution in [1.82, 2.24) is 24.1 Å². The van der Waals surface area contributed by atoms with Crippen LogP contribution in [0.2, 0.25) is 5.02 Å². The summed E-state index contributed by atoms with van der Waals surface area (Å²) >= 11 is 6.18. The van der Waals surface area contributed by atoms with Crippen molar-refractivity contribution in [3.05, 3.63) is 45.7 Å². The molecule has 0 atom stereocenters. The highest BCUT2D eigenvalue weighted by molar-refractivity contribution is 6.31. The fourth-order valence-electron chi connectivity index (χ4n) is 4.21. The molecule has 5 rings (SSSR count). The van der Waals surface area contributed by atoms with Crippen LogP contribution in [0.25, 0.3) is 28.1 Å². The number of imidazole rings is 1. The molecule has 4 aromatic rings. The zero-order valence-electron chi connectivity index (χ0n) is 16.1. The van der Waals surface area contributed by atoms with Crippen molar-refractivity contribution in [2.75, 3.05) is 0 Å². The predicted molar refractivity (Wildman–Crippen MR) is 108 cm³/mol. The van der Waals surface area contributed by atoms with Crippen molar-refractivity contribution in [1.29, 1.82) is 0 Å². The third-order valence-corrected chi connectivity index (χ3v) is 5.87. The van der Waals surface area contributed by atoms with Crippen molar-refractivity contribution >= 4 is 28.2 Å². The highest BCUT2D eigenvalue weighted by Gasteiger charge is 2.38. The quantitative estimate of drug-likeness (QED) is 0.550. The lowest BCUT2D eigenvalue weighted by Gasteiger charge is -2.16. The van der Waals surface area contributed by atoms with Gasteiger partial charge in [-0.3, -0.25) is 9.20 Å². The van der Waals surface area contributed by atoms with Gasteiger partial charge < -0.3 is 14.2 Å². The first-order valence-corrected chi connectivity index (χ1v) is 10.0. The maximum Gasteiger partial charge on any atom is 0.279 e. The van der Waals surface area contributed by atoms with E-state index >= 15 is 0 Å². The van der Waals surface area contributed by atoms with Crippen LogP contribution in [0.5, 0.6) is 0 Å². The fourth-order valence-corrected chi connectivity index (χ4v) is 4.38. The van der Waals surface area contributed by atoms with Crippen molar-refractivity contribution < 1.29 is 9.63 Å². The van der Waals surface area contributed by atoms with Gasteiger partial charge in [-0.05, 0) is 57.7 Å². The molecule has 0 unspecified atom stereocenters. The number of hydrogen-bond acceptors (Lipinski definition) is 6. The molecule has 9 heteroatoms. The third-order valence-electron chi connectivity index (χ3n) is 5.64. The fraction of sp³-hybridized carbons (Fsp3) is 0.400. The number of fused-ring (bicyclic) bond motifs is 3. The van der Waals surface area contributed by atoms with E-state index in [2.05, 4.69) is 15.1 Å². The van der Waals surface area contributed by atoms with Crippen LogP contribution < -0.4 is 5.56 Å². The highest BCUT2D eigenvalue weighted by Crippen LogP contribution is 2.37. The number of hydrogen-bond donors (Lipinski definition) is 1. The number of benzene rings is 1. The molecular formula is C20H20ClN5O3. The van der Waals surface area contributed by atoms with Crippen molar-refractivity contribution in [3.63, 3.8) is 0 Å². The molecular weight excluding hydrogens is 394 g/mol. The second-order valence-corrected chi connectivity index (χ2v) is 8.31. The Morgan fingerprint density at radius 3 is 2.72 bits per heavy atom. The summed E-state index contributed by atoms with van der Waals surface area (Å²) in [5, 5.41) is 15.3. The Balaban J connectivity index is 1.77. The first-order valence-electron chi connectivity index (χ1n) is 9.67. The Labute approximate surface area is 170 Å². The minimum absolute atomic E-state index is 0.0892. The molecule has 0 amide bonds. The summed E-state index contributed by atoms with van der Waals surface area (Å²) in [6, 6.07) is 5.32. The van der Waals surface area contributed by atoms with Crippen LogP contribution in [-0.2, 0) is 5.60 Å². The molecule has 0 bridgehead atoms. The Morgan fingerprint density at radius 1 is 1.24 bits per heavy atom. The van der Waals surface area contributed by atoms with E-state index in [-0.39, 0.29) is 23.3 Å². The van der Waals surface area contributed by atoms with Crippen LogP contribution in [0.15, 0.2) is 33.8 Å². The molecule has 29 heavy (non-hydrogen) atoms. The summed E-state index contributed by atoms with van der Waals surface area (Å²) in [4.78, 5) is 22.2. The standard InChI is InChI=1S/C20H20ClN5O3/c1-11(2)26-14-9-12(21)5-6-13(14)25-10-22-15(16(25)18(26)27)17-23-19(24-29-17)20(28)7-3-4-8-20/h5-6,9-11,28H,3-4,7-8H2,1-2H3. The van der Waals surface area contributed by atoms with E-state index in [1.807, 2.05) is 19.9 Å². The maximum atomic E-state index is 13.4. The van der Waals surface area contributed by atoms with E-state index in [0.717, 1.165) is 23.9 Å². The number of aliphatic hydroxyl groups is 1. The smallest absolute Gasteiger partial charge is 0.279 e. The van der Waals surface area contributed by atoms with Crippen molar-refractivity contribution in [2.24, 2.45) is 0 Å². The largest absolute Gasteiger partial charge is 0.382 e. The Bertz CT molecular complexity index is 1300. The molecule has 1 fully saturated rings. The number of rotatable bonds is 3. The van der Waals surface area contributed by atoms with E-state index in [9.17, 15) is 9.90 Å². The Kier molecular flexibility index (Phi) is 4.04. The summed E-state index contributed by atoms with van der Waals surface area (Å²) in [5.41, 5.74) is 0.884. The molecule has 1 N–H and O–H groups in total. The van der Waals surface area contributed by atoms with Gasteiger partial charge in [-0.1, -0.05) is 16.8 Å². The summed E-state index contributed by atoms with van der Waals surface area (Å²) in [6.45, 7) is 3.88. The lowest BCUT2D eigenvalue weighted by molar-refractivity contribution is 0.0328. The van der Waals surface area contributed by atoms with E-state index in [0.29, 0.717) is 29.1 Å². The maximum absolute atomic E-state index is 13.4. The average molecular weight is 414 g/mol. The van der Waals surface area contributed by atoms with Crippen molar-refractivity contribution in [2.45, 2.75) is 51.2 Å².